The van der Waals surface area contributed by atoms with E-state index in [0.717, 1.165) is 32.6 Å². The molecule has 6 heteroatoms. The molecule has 3 nitrogen and oxygen atoms in total. The number of alkyl halides is 3. The third kappa shape index (κ3) is 6.12. The Labute approximate surface area is 125 Å². The minimum atomic E-state index is -4.21. The van der Waals surface area contributed by atoms with Crippen molar-refractivity contribution >= 4 is 0 Å². The molecule has 1 N–H and O–H groups in total. The van der Waals surface area contributed by atoms with Gasteiger partial charge in [0.1, 0.15) is 6.61 Å². The number of rotatable bonds is 5. The summed E-state index contributed by atoms with van der Waals surface area (Å²) in [5.41, 5.74) is 0.252. The summed E-state index contributed by atoms with van der Waals surface area (Å²) in [7, 11) is 0. The van der Waals surface area contributed by atoms with Gasteiger partial charge in [-0.05, 0) is 38.8 Å². The predicted octanol–water partition coefficient (Wildman–Crippen LogP) is 2.95. The van der Waals surface area contributed by atoms with Gasteiger partial charge in [-0.3, -0.25) is 0 Å². The van der Waals surface area contributed by atoms with E-state index < -0.39 is 12.8 Å². The minimum absolute atomic E-state index is 0.191. The lowest BCUT2D eigenvalue weighted by molar-refractivity contribution is -0.174. The second-order valence-electron chi connectivity index (χ2n) is 6.42. The van der Waals surface area contributed by atoms with Crippen LogP contribution in [0.3, 0.4) is 0 Å². The van der Waals surface area contributed by atoms with Crippen LogP contribution < -0.4 is 5.32 Å². The van der Waals surface area contributed by atoms with Gasteiger partial charge in [-0.25, -0.2) is 0 Å². The predicted molar refractivity (Wildman–Crippen MR) is 76.4 cm³/mol. The Bertz CT molecular complexity index is 304. The van der Waals surface area contributed by atoms with Gasteiger partial charge >= 0.3 is 6.18 Å². The maximum Gasteiger partial charge on any atom is 0.411 e. The molecule has 0 radical (unpaired) electrons. The molecule has 1 heterocycles. The first kappa shape index (κ1) is 17.0. The summed E-state index contributed by atoms with van der Waals surface area (Å²) in [4.78, 5) is 2.41. The van der Waals surface area contributed by atoms with Gasteiger partial charge in [0.25, 0.3) is 0 Å². The maximum atomic E-state index is 12.0. The summed E-state index contributed by atoms with van der Waals surface area (Å²) in [6.45, 7) is 3.03. The fourth-order valence-corrected chi connectivity index (χ4v) is 3.55. The van der Waals surface area contributed by atoms with Crippen LogP contribution in [0.25, 0.3) is 0 Å². The Kier molecular flexibility index (Phi) is 6.32. The Hall–Kier alpha value is -0.330. The normalized spacial score (nSPS) is 24.1. The fraction of sp³-hybridized carbons (Fsp3) is 1.00. The standard InChI is InChI=1S/C15H27F3N2O/c16-15(17,18)13-21-11-5-10-20-9-4-8-19-14(12-20)6-2-1-3-7-14/h19H,1-13H2. The van der Waals surface area contributed by atoms with Crippen LogP contribution in [-0.2, 0) is 4.74 Å². The lowest BCUT2D eigenvalue weighted by atomic mass is 9.81. The first-order chi connectivity index (χ1) is 9.99. The summed E-state index contributed by atoms with van der Waals surface area (Å²) < 4.78 is 40.6. The number of nitrogens with one attached hydrogen (secondary N) is 1. The summed E-state index contributed by atoms with van der Waals surface area (Å²) in [6, 6.07) is 0. The molecule has 1 aliphatic heterocycles. The number of nitrogens with zero attached hydrogens (tertiary/aromatic N) is 1. The zero-order valence-electron chi connectivity index (χ0n) is 12.7. The van der Waals surface area contributed by atoms with Gasteiger partial charge in [0.2, 0.25) is 0 Å². The third-order valence-corrected chi connectivity index (χ3v) is 4.52. The van der Waals surface area contributed by atoms with Crippen molar-refractivity contribution in [3.8, 4) is 0 Å². The summed E-state index contributed by atoms with van der Waals surface area (Å²) >= 11 is 0. The minimum Gasteiger partial charge on any atom is -0.372 e. The van der Waals surface area contributed by atoms with Crippen LogP contribution in [0, 0.1) is 0 Å². The zero-order valence-corrected chi connectivity index (χ0v) is 12.7. The quantitative estimate of drug-likeness (QED) is 0.790. The molecule has 1 spiro atoms. The van der Waals surface area contributed by atoms with E-state index in [1.165, 1.54) is 32.1 Å². The lowest BCUT2D eigenvalue weighted by Crippen LogP contribution is -2.52. The molecule has 1 aliphatic carbocycles. The summed E-state index contributed by atoms with van der Waals surface area (Å²) in [5, 5.41) is 3.73. The Balaban J connectivity index is 1.69. The fourth-order valence-electron chi connectivity index (χ4n) is 3.55. The molecule has 21 heavy (non-hydrogen) atoms. The van der Waals surface area contributed by atoms with Crippen molar-refractivity contribution in [2.45, 2.75) is 56.7 Å². The highest BCUT2D eigenvalue weighted by Gasteiger charge is 2.34. The van der Waals surface area contributed by atoms with Crippen molar-refractivity contribution < 1.29 is 17.9 Å². The second kappa shape index (κ2) is 7.79. The number of hydrogen-bond donors (Lipinski definition) is 1. The molecular weight excluding hydrogens is 281 g/mol. The van der Waals surface area contributed by atoms with Crippen LogP contribution in [0.15, 0.2) is 0 Å². The molecule has 124 valence electrons. The van der Waals surface area contributed by atoms with Crippen LogP contribution in [0.5, 0.6) is 0 Å². The third-order valence-electron chi connectivity index (χ3n) is 4.52. The van der Waals surface area contributed by atoms with Crippen molar-refractivity contribution in [3.05, 3.63) is 0 Å². The molecule has 0 atom stereocenters. The molecule has 0 aromatic heterocycles. The van der Waals surface area contributed by atoms with E-state index in [1.54, 1.807) is 0 Å². The number of hydrogen-bond acceptors (Lipinski definition) is 3. The van der Waals surface area contributed by atoms with E-state index in [2.05, 4.69) is 10.2 Å². The topological polar surface area (TPSA) is 24.5 Å². The largest absolute Gasteiger partial charge is 0.411 e. The Morgan fingerprint density at radius 1 is 1.10 bits per heavy atom. The molecule has 0 aromatic carbocycles. The molecule has 0 bridgehead atoms. The average Bonchev–Trinajstić information content (AvgIpc) is 2.61. The molecule has 1 saturated heterocycles. The first-order valence-electron chi connectivity index (χ1n) is 8.11. The monoisotopic (exact) mass is 308 g/mol. The van der Waals surface area contributed by atoms with Crippen LogP contribution in [-0.4, -0.2) is 56.0 Å². The SMILES string of the molecule is FC(F)(F)COCCCN1CCCNC2(CCCCC2)C1. The number of halogens is 3. The molecule has 0 amide bonds. The van der Waals surface area contributed by atoms with Crippen LogP contribution in [0.1, 0.15) is 44.9 Å². The van der Waals surface area contributed by atoms with E-state index in [4.69, 9.17) is 4.74 Å². The van der Waals surface area contributed by atoms with Crippen LogP contribution in [0.2, 0.25) is 0 Å². The van der Waals surface area contributed by atoms with E-state index in [9.17, 15) is 13.2 Å². The van der Waals surface area contributed by atoms with E-state index in [1.807, 2.05) is 0 Å². The van der Waals surface area contributed by atoms with Gasteiger partial charge in [-0.15, -0.1) is 0 Å². The first-order valence-corrected chi connectivity index (χ1v) is 8.11. The van der Waals surface area contributed by atoms with Crippen molar-refractivity contribution in [1.82, 2.24) is 10.2 Å². The zero-order chi connectivity index (χ0) is 15.2. The summed E-state index contributed by atoms with van der Waals surface area (Å²) in [5.74, 6) is 0. The van der Waals surface area contributed by atoms with Crippen molar-refractivity contribution in [2.75, 3.05) is 39.4 Å². The van der Waals surface area contributed by atoms with Crippen molar-refractivity contribution in [2.24, 2.45) is 0 Å². The van der Waals surface area contributed by atoms with Gasteiger partial charge in [0, 0.05) is 25.2 Å². The van der Waals surface area contributed by atoms with E-state index >= 15 is 0 Å². The summed E-state index contributed by atoms with van der Waals surface area (Å²) in [6.07, 6.45) is 3.94. The van der Waals surface area contributed by atoms with Gasteiger partial charge in [-0.1, -0.05) is 19.3 Å². The molecule has 2 rings (SSSR count). The van der Waals surface area contributed by atoms with Gasteiger partial charge < -0.3 is 15.0 Å². The van der Waals surface area contributed by atoms with Crippen LogP contribution in [0.4, 0.5) is 13.2 Å². The van der Waals surface area contributed by atoms with Gasteiger partial charge in [-0.2, -0.15) is 13.2 Å². The van der Waals surface area contributed by atoms with Gasteiger partial charge in [0.05, 0.1) is 0 Å². The van der Waals surface area contributed by atoms with E-state index in [0.29, 0.717) is 6.42 Å². The number of ether oxygens (including phenoxy) is 1. The van der Waals surface area contributed by atoms with E-state index in [-0.39, 0.29) is 12.1 Å². The molecular formula is C15H27F3N2O. The Morgan fingerprint density at radius 3 is 2.57 bits per heavy atom. The smallest absolute Gasteiger partial charge is 0.372 e. The van der Waals surface area contributed by atoms with Crippen molar-refractivity contribution in [1.29, 1.82) is 0 Å². The highest BCUT2D eigenvalue weighted by Crippen LogP contribution is 2.30. The average molecular weight is 308 g/mol. The highest BCUT2D eigenvalue weighted by atomic mass is 19.4. The molecule has 2 fully saturated rings. The maximum absolute atomic E-state index is 12.0. The molecule has 2 aliphatic rings. The molecule has 0 aromatic rings. The Morgan fingerprint density at radius 2 is 1.86 bits per heavy atom. The highest BCUT2D eigenvalue weighted by molar-refractivity contribution is 4.95. The lowest BCUT2D eigenvalue weighted by Gasteiger charge is -2.40. The second-order valence-corrected chi connectivity index (χ2v) is 6.42. The van der Waals surface area contributed by atoms with Crippen molar-refractivity contribution in [3.63, 3.8) is 0 Å². The van der Waals surface area contributed by atoms with Crippen LogP contribution >= 0.6 is 0 Å². The van der Waals surface area contributed by atoms with Gasteiger partial charge in [0.15, 0.2) is 0 Å². The molecule has 0 unspecified atom stereocenters. The molecule has 1 saturated carbocycles.